The van der Waals surface area contributed by atoms with E-state index in [4.69, 9.17) is 9.97 Å². The molecule has 69 heavy (non-hydrogen) atoms. The summed E-state index contributed by atoms with van der Waals surface area (Å²) >= 11 is 0. The van der Waals surface area contributed by atoms with Crippen molar-refractivity contribution in [3.05, 3.63) is 139 Å². The molecule has 2 fully saturated rings. The minimum absolute atomic E-state index is 0.144. The van der Waals surface area contributed by atoms with Crippen molar-refractivity contribution in [2.24, 2.45) is 21.1 Å². The quantitative estimate of drug-likeness (QED) is 0.107. The highest BCUT2D eigenvalue weighted by atomic mass is 19.2. The molecule has 0 radical (unpaired) electrons. The summed E-state index contributed by atoms with van der Waals surface area (Å²) < 4.78 is 76.9. The van der Waals surface area contributed by atoms with Gasteiger partial charge in [0.2, 0.25) is 11.9 Å². The molecule has 9 heterocycles. The molecular formula is C48H41F5N16. The minimum atomic E-state index is -1.65. The van der Waals surface area contributed by atoms with Crippen LogP contribution < -0.4 is 9.80 Å². The average Bonchev–Trinajstić information content (AvgIpc) is 4.14. The van der Waals surface area contributed by atoms with Crippen LogP contribution in [0.3, 0.4) is 0 Å². The van der Waals surface area contributed by atoms with Gasteiger partial charge in [0.05, 0.1) is 51.5 Å². The number of hydrogen-bond acceptors (Lipinski definition) is 13. The molecule has 0 atom stereocenters. The molecule has 10 rings (SSSR count). The number of benzene rings is 1. The van der Waals surface area contributed by atoms with Crippen LogP contribution in [0.2, 0.25) is 0 Å². The first-order chi connectivity index (χ1) is 33.3. The van der Waals surface area contributed by atoms with Gasteiger partial charge in [0.25, 0.3) is 0 Å². The van der Waals surface area contributed by atoms with Gasteiger partial charge in [-0.25, -0.2) is 33.1 Å². The summed E-state index contributed by atoms with van der Waals surface area (Å²) in [5.41, 5.74) is 2.89. The summed E-state index contributed by atoms with van der Waals surface area (Å²) in [6.07, 6.45) is 9.79. The molecule has 0 N–H and O–H groups in total. The van der Waals surface area contributed by atoms with Crippen molar-refractivity contribution in [3.8, 4) is 57.2 Å². The lowest BCUT2D eigenvalue weighted by atomic mass is 9.91. The number of pyridine rings is 4. The van der Waals surface area contributed by atoms with Gasteiger partial charge in [-0.2, -0.15) is 24.4 Å². The van der Waals surface area contributed by atoms with Crippen LogP contribution in [0.1, 0.15) is 48.5 Å². The van der Waals surface area contributed by atoms with Crippen molar-refractivity contribution < 1.29 is 22.0 Å². The summed E-state index contributed by atoms with van der Waals surface area (Å²) in [4.78, 5) is 20.9. The zero-order valence-corrected chi connectivity index (χ0v) is 37.4. The predicted octanol–water partition coefficient (Wildman–Crippen LogP) is 7.70. The number of aromatic nitrogens is 12. The first kappa shape index (κ1) is 45.7. The van der Waals surface area contributed by atoms with Crippen molar-refractivity contribution >= 4 is 11.4 Å². The van der Waals surface area contributed by atoms with Crippen LogP contribution in [-0.4, -0.2) is 85.4 Å². The molecule has 0 bridgehead atoms. The molecule has 21 heteroatoms. The first-order valence-corrected chi connectivity index (χ1v) is 21.7. The number of hydrogen-bond donors (Lipinski definition) is 0. The second kappa shape index (κ2) is 18.7. The predicted molar refractivity (Wildman–Crippen MR) is 242 cm³/mol. The Balaban J connectivity index is 0.000000172. The molecule has 1 aromatic carbocycles. The number of halogens is 5. The molecule has 8 aromatic rings. The van der Waals surface area contributed by atoms with E-state index in [1.165, 1.54) is 55.4 Å². The highest BCUT2D eigenvalue weighted by molar-refractivity contribution is 5.84. The Bertz CT molecular complexity index is 3210. The molecule has 7 aromatic heterocycles. The molecule has 348 valence electrons. The number of anilines is 2. The number of aryl methyl sites for hydroxylation is 3. The van der Waals surface area contributed by atoms with Crippen LogP contribution in [0.25, 0.3) is 45.0 Å². The Morgan fingerprint density at radius 1 is 0.565 bits per heavy atom. The Hall–Kier alpha value is -8.46. The number of rotatable bonds is 8. The maximum Gasteiger partial charge on any atom is 0.212 e. The fraction of sp³-hybridized carbons (Fsp3) is 0.271. The van der Waals surface area contributed by atoms with Crippen LogP contribution in [0.15, 0.2) is 98.1 Å². The maximum absolute atomic E-state index is 15.7. The SMILES string of the molecule is Cn1cc(-c2cc(C#N)c(N3CCC(F)(c4nncn4C)CC3)c(-c3ccc(F)nc3)n2)cn1.Cn1cnnc1C1(F)CCN(c2c(C#N)cc(-c3ccc(F)cc3)nc2-c2ccc(F)nc2)CC1. The summed E-state index contributed by atoms with van der Waals surface area (Å²) in [7, 11) is 5.22. The van der Waals surface area contributed by atoms with E-state index in [-0.39, 0.29) is 37.3 Å². The second-order valence-corrected chi connectivity index (χ2v) is 16.8. The monoisotopic (exact) mass is 936 g/mol. The summed E-state index contributed by atoms with van der Waals surface area (Å²) in [5, 5.41) is 39.8. The van der Waals surface area contributed by atoms with E-state index in [9.17, 15) is 23.7 Å². The summed E-state index contributed by atoms with van der Waals surface area (Å²) in [6, 6.07) is 19.2. The molecule has 2 aliphatic rings. The molecule has 0 amide bonds. The van der Waals surface area contributed by atoms with Gasteiger partial charge in [-0.05, 0) is 60.7 Å². The van der Waals surface area contributed by atoms with Crippen LogP contribution in [0, 0.1) is 40.4 Å². The standard InChI is InChI=1S/C25H20F3N7.C23H21F2N9/c1-34-15-31-33-24(34)25(28)8-10-35(11-9-25)23-18(13-29)12-20(16-2-5-19(26)6-3-16)32-22(23)17-4-7-21(27)30-14-17;1-32-14-28-31-22(32)23(25)5-7-34(8-6-23)21-16(10-26)9-18(17-12-29-33(2)13-17)30-20(21)15-3-4-19(24)27-11-15/h2-7,12,14-15H,8-11H2,1H3;3-4,9,11-14H,5-8H2,1-2H3. The first-order valence-electron chi connectivity index (χ1n) is 21.7. The summed E-state index contributed by atoms with van der Waals surface area (Å²) in [6.45, 7) is 1.29. The van der Waals surface area contributed by atoms with Gasteiger partial charge in [0, 0.05) is 114 Å². The fourth-order valence-corrected chi connectivity index (χ4v) is 8.79. The van der Waals surface area contributed by atoms with Crippen molar-refractivity contribution in [2.75, 3.05) is 36.0 Å². The second-order valence-electron chi connectivity index (χ2n) is 16.8. The van der Waals surface area contributed by atoms with Crippen LogP contribution in [0.5, 0.6) is 0 Å². The molecular weight excluding hydrogens is 896 g/mol. The third kappa shape index (κ3) is 9.18. The molecule has 2 saturated heterocycles. The Morgan fingerprint density at radius 2 is 1.00 bits per heavy atom. The number of nitriles is 2. The van der Waals surface area contributed by atoms with E-state index in [1.807, 2.05) is 9.80 Å². The van der Waals surface area contributed by atoms with E-state index in [1.54, 1.807) is 77.7 Å². The third-order valence-electron chi connectivity index (χ3n) is 12.3. The average molecular weight is 937 g/mol. The normalized spacial score (nSPS) is 15.2. The summed E-state index contributed by atoms with van der Waals surface area (Å²) in [5.74, 6) is -1.08. The maximum atomic E-state index is 15.7. The molecule has 0 aliphatic carbocycles. The van der Waals surface area contributed by atoms with Gasteiger partial charge in [0.1, 0.15) is 30.6 Å². The lowest BCUT2D eigenvalue weighted by Gasteiger charge is -2.38. The molecule has 16 nitrogen and oxygen atoms in total. The van der Waals surface area contributed by atoms with Crippen LogP contribution in [0.4, 0.5) is 33.3 Å². The van der Waals surface area contributed by atoms with Crippen LogP contribution >= 0.6 is 0 Å². The topological polar surface area (TPSA) is 185 Å². The van der Waals surface area contributed by atoms with Gasteiger partial charge in [-0.3, -0.25) is 4.68 Å². The Kier molecular flexibility index (Phi) is 12.4. The third-order valence-corrected chi connectivity index (χ3v) is 12.3. The highest BCUT2D eigenvalue weighted by Gasteiger charge is 2.42. The van der Waals surface area contributed by atoms with Gasteiger partial charge >= 0.3 is 0 Å². The van der Waals surface area contributed by atoms with Gasteiger partial charge < -0.3 is 18.9 Å². The lowest BCUT2D eigenvalue weighted by molar-refractivity contribution is 0.109. The van der Waals surface area contributed by atoms with Gasteiger partial charge in [-0.1, -0.05) is 0 Å². The smallest absolute Gasteiger partial charge is 0.212 e. The lowest BCUT2D eigenvalue weighted by Crippen LogP contribution is -2.42. The highest BCUT2D eigenvalue weighted by Crippen LogP contribution is 2.43. The number of piperidine rings is 2. The van der Waals surface area contributed by atoms with E-state index in [0.717, 1.165) is 5.56 Å². The van der Waals surface area contributed by atoms with Crippen molar-refractivity contribution in [1.29, 1.82) is 10.5 Å². The van der Waals surface area contributed by atoms with Gasteiger partial charge in [0.15, 0.2) is 23.0 Å². The molecule has 2 aliphatic heterocycles. The van der Waals surface area contributed by atoms with E-state index < -0.39 is 23.2 Å². The van der Waals surface area contributed by atoms with Crippen molar-refractivity contribution in [2.45, 2.75) is 37.0 Å². The Labute approximate surface area is 392 Å². The number of alkyl halides is 2. The zero-order chi connectivity index (χ0) is 48.5. The Morgan fingerprint density at radius 3 is 1.36 bits per heavy atom. The molecule has 0 saturated carbocycles. The largest absolute Gasteiger partial charge is 0.368 e. The van der Waals surface area contributed by atoms with E-state index in [0.29, 0.717) is 94.0 Å². The van der Waals surface area contributed by atoms with Crippen molar-refractivity contribution in [3.63, 3.8) is 0 Å². The van der Waals surface area contributed by atoms with Crippen molar-refractivity contribution in [1.82, 2.24) is 59.2 Å². The zero-order valence-electron chi connectivity index (χ0n) is 37.4. The molecule has 0 spiro atoms. The molecule has 0 unspecified atom stereocenters. The van der Waals surface area contributed by atoms with E-state index in [2.05, 4.69) is 47.6 Å². The van der Waals surface area contributed by atoms with Gasteiger partial charge in [-0.15, -0.1) is 20.4 Å². The van der Waals surface area contributed by atoms with Crippen LogP contribution in [-0.2, 0) is 32.5 Å². The fourth-order valence-electron chi connectivity index (χ4n) is 8.79. The van der Waals surface area contributed by atoms with E-state index >= 15 is 8.78 Å². The number of nitrogens with zero attached hydrogens (tertiary/aromatic N) is 16. The minimum Gasteiger partial charge on any atom is -0.368 e.